The smallest absolute Gasteiger partial charge is 0.277 e. The number of quaternary nitrogens is 1. The van der Waals surface area contributed by atoms with Gasteiger partial charge in [0.1, 0.15) is 12.1 Å². The molecular weight excluding hydrogens is 306 g/mol. The first-order valence-corrected chi connectivity index (χ1v) is 7.97. The minimum absolute atomic E-state index is 0. The summed E-state index contributed by atoms with van der Waals surface area (Å²) < 4.78 is 2.37. The predicted octanol–water partition coefficient (Wildman–Crippen LogP) is 0.852. The van der Waals surface area contributed by atoms with Gasteiger partial charge in [0.05, 0.1) is 19.6 Å². The van der Waals surface area contributed by atoms with Crippen molar-refractivity contribution in [2.24, 2.45) is 7.05 Å². The number of hydrogen-bond acceptors (Lipinski definition) is 4. The molecule has 3 N–H and O–H groups in total. The van der Waals surface area contributed by atoms with E-state index in [0.29, 0.717) is 11.9 Å². The van der Waals surface area contributed by atoms with Crippen LogP contribution in [-0.4, -0.2) is 66.0 Å². The van der Waals surface area contributed by atoms with Gasteiger partial charge in [-0.1, -0.05) is 21.8 Å². The monoisotopic (exact) mass is 342 g/mol. The third-order valence-corrected chi connectivity index (χ3v) is 4.55. The van der Waals surface area contributed by atoms with Gasteiger partial charge in [-0.2, -0.15) is 0 Å². The lowest BCUT2D eigenvalue weighted by atomic mass is 10.1. The second-order valence-corrected chi connectivity index (χ2v) is 6.25. The van der Waals surface area contributed by atoms with Crippen LogP contribution in [0, 0.1) is 6.92 Å². The molecule has 140 valence electrons. The molecule has 2 rings (SSSR count). The van der Waals surface area contributed by atoms with Crippen LogP contribution in [0.25, 0.3) is 0 Å². The number of Topliss-reactive ketones (excluding diaryl/α,β-unsaturated/α-hetero) is 1. The molecule has 1 aromatic rings. The molecule has 0 radical (unpaired) electrons. The molecule has 0 amide bonds. The van der Waals surface area contributed by atoms with E-state index < -0.39 is 0 Å². The normalized spacial score (nSPS) is 21.8. The standard InChI is InChI=1S/C15H27N5O2.2CH4/c1-5-7-20(8-6-16-3)10-13(20)17-9-12(21)14-11(2)18-19(4)15(14)22;;/h13,16-17H,5-10H2,1-4H3;2*1H4/p+1. The van der Waals surface area contributed by atoms with E-state index in [4.69, 9.17) is 0 Å². The van der Waals surface area contributed by atoms with Crippen molar-refractivity contribution in [3.05, 3.63) is 21.6 Å². The lowest BCUT2D eigenvalue weighted by Crippen LogP contribution is -2.41. The summed E-state index contributed by atoms with van der Waals surface area (Å²) in [4.78, 5) is 24.2. The summed E-state index contributed by atoms with van der Waals surface area (Å²) in [5.41, 5.74) is 0.670. The molecule has 2 unspecified atom stereocenters. The van der Waals surface area contributed by atoms with E-state index in [1.54, 1.807) is 14.0 Å². The number of rotatable bonds is 9. The van der Waals surface area contributed by atoms with Gasteiger partial charge in [0.25, 0.3) is 5.56 Å². The highest BCUT2D eigenvalue weighted by molar-refractivity contribution is 5.98. The molecule has 0 aliphatic carbocycles. The summed E-state index contributed by atoms with van der Waals surface area (Å²) in [6, 6.07) is 0. The first kappa shape index (κ1) is 22.6. The second kappa shape index (κ2) is 9.15. The van der Waals surface area contributed by atoms with Crippen molar-refractivity contribution >= 4 is 5.78 Å². The minimum atomic E-state index is -0.246. The third kappa shape index (κ3) is 4.55. The van der Waals surface area contributed by atoms with E-state index in [2.05, 4.69) is 22.7 Å². The Kier molecular flexibility index (Phi) is 8.60. The van der Waals surface area contributed by atoms with Crippen LogP contribution >= 0.6 is 0 Å². The maximum atomic E-state index is 12.3. The lowest BCUT2D eigenvalue weighted by molar-refractivity contribution is -0.814. The van der Waals surface area contributed by atoms with Crippen LogP contribution in [0.5, 0.6) is 0 Å². The molecule has 1 aromatic heterocycles. The van der Waals surface area contributed by atoms with Crippen LogP contribution in [-0.2, 0) is 7.05 Å². The van der Waals surface area contributed by atoms with E-state index >= 15 is 0 Å². The summed E-state index contributed by atoms with van der Waals surface area (Å²) in [5.74, 6) is -0.130. The SMILES string of the molecule is C.C.CCC[N+]1(CCNC)CC1NCC(=O)c1c(C)[nH]n(C)c1=O. The second-order valence-electron chi connectivity index (χ2n) is 6.25. The molecule has 1 aliphatic heterocycles. The zero-order chi connectivity index (χ0) is 16.3. The summed E-state index contributed by atoms with van der Waals surface area (Å²) in [7, 11) is 3.59. The quantitative estimate of drug-likeness (QED) is 0.353. The Balaban J connectivity index is 0.00000264. The number of aryl methyl sites for hydroxylation is 2. The van der Waals surface area contributed by atoms with Crippen LogP contribution in [0.2, 0.25) is 0 Å². The van der Waals surface area contributed by atoms with Gasteiger partial charge >= 0.3 is 0 Å². The zero-order valence-electron chi connectivity index (χ0n) is 14.0. The first-order chi connectivity index (χ1) is 10.4. The molecule has 2 heterocycles. The van der Waals surface area contributed by atoms with E-state index in [9.17, 15) is 9.59 Å². The van der Waals surface area contributed by atoms with E-state index in [-0.39, 0.29) is 38.3 Å². The zero-order valence-corrected chi connectivity index (χ0v) is 14.0. The van der Waals surface area contributed by atoms with Gasteiger partial charge in [-0.15, -0.1) is 0 Å². The minimum Gasteiger partial charge on any atom is -0.315 e. The Morgan fingerprint density at radius 2 is 2.04 bits per heavy atom. The van der Waals surface area contributed by atoms with Gasteiger partial charge in [-0.25, -0.2) is 0 Å². The fourth-order valence-electron chi connectivity index (χ4n) is 3.25. The van der Waals surface area contributed by atoms with Crippen molar-refractivity contribution in [2.75, 3.05) is 39.8 Å². The van der Waals surface area contributed by atoms with Crippen molar-refractivity contribution < 1.29 is 9.28 Å². The average molecular weight is 343 g/mol. The van der Waals surface area contributed by atoms with Gasteiger partial charge in [0.2, 0.25) is 0 Å². The van der Waals surface area contributed by atoms with E-state index in [0.717, 1.165) is 37.1 Å². The summed E-state index contributed by atoms with van der Waals surface area (Å²) in [6.07, 6.45) is 1.47. The number of H-pyrrole nitrogens is 1. The number of carbonyl (C=O) groups excluding carboxylic acids is 1. The van der Waals surface area contributed by atoms with E-state index in [1.165, 1.54) is 4.68 Å². The largest absolute Gasteiger partial charge is 0.315 e. The fraction of sp³-hybridized carbons (Fsp3) is 0.765. The number of aromatic nitrogens is 2. The summed E-state index contributed by atoms with van der Waals surface area (Å²) in [5, 5.41) is 9.40. The molecule has 24 heavy (non-hydrogen) atoms. The van der Waals surface area contributed by atoms with Crippen molar-refractivity contribution in [1.82, 2.24) is 20.4 Å². The molecular formula is C17H36N5O2+. The molecule has 2 atom stereocenters. The predicted molar refractivity (Wildman–Crippen MR) is 99.4 cm³/mol. The Hall–Kier alpha value is -1.44. The fourth-order valence-corrected chi connectivity index (χ4v) is 3.25. The highest BCUT2D eigenvalue weighted by atomic mass is 16.2. The van der Waals surface area contributed by atoms with Crippen molar-refractivity contribution in [3.63, 3.8) is 0 Å². The third-order valence-electron chi connectivity index (χ3n) is 4.55. The number of ketones is 1. The summed E-state index contributed by atoms with van der Waals surface area (Å²) >= 11 is 0. The Morgan fingerprint density at radius 1 is 1.38 bits per heavy atom. The highest BCUT2D eigenvalue weighted by Gasteiger charge is 2.53. The van der Waals surface area contributed by atoms with Crippen LogP contribution in [0.15, 0.2) is 4.79 Å². The number of nitrogens with zero attached hydrogens (tertiary/aromatic N) is 2. The number of aromatic amines is 1. The maximum absolute atomic E-state index is 12.3. The first-order valence-electron chi connectivity index (χ1n) is 7.97. The molecule has 0 aromatic carbocycles. The topological polar surface area (TPSA) is 78.9 Å². The molecule has 7 nitrogen and oxygen atoms in total. The number of carbonyl (C=O) groups is 1. The summed E-state index contributed by atoms with van der Waals surface area (Å²) in [6.45, 7) is 8.40. The van der Waals surface area contributed by atoms with Crippen molar-refractivity contribution in [2.45, 2.75) is 41.3 Å². The Labute approximate surface area is 146 Å². The Morgan fingerprint density at radius 3 is 2.54 bits per heavy atom. The van der Waals surface area contributed by atoms with Crippen molar-refractivity contribution in [1.29, 1.82) is 0 Å². The highest BCUT2D eigenvalue weighted by Crippen LogP contribution is 2.28. The number of nitrogens with one attached hydrogen (secondary N) is 3. The number of hydrogen-bond donors (Lipinski definition) is 3. The van der Waals surface area contributed by atoms with E-state index in [1.807, 2.05) is 7.05 Å². The van der Waals surface area contributed by atoms with Gasteiger partial charge in [0.15, 0.2) is 11.9 Å². The van der Waals surface area contributed by atoms with Gasteiger partial charge in [0, 0.05) is 19.3 Å². The molecule has 0 saturated carbocycles. The molecule has 0 spiro atoms. The van der Waals surface area contributed by atoms with Crippen LogP contribution in [0.1, 0.15) is 44.2 Å². The van der Waals surface area contributed by atoms with Gasteiger partial charge in [-0.05, 0) is 20.4 Å². The molecule has 1 fully saturated rings. The Bertz CT molecular complexity index is 592. The van der Waals surface area contributed by atoms with Gasteiger partial charge in [-0.3, -0.25) is 29.2 Å². The van der Waals surface area contributed by atoms with Crippen LogP contribution in [0.4, 0.5) is 0 Å². The maximum Gasteiger partial charge on any atom is 0.277 e. The molecule has 7 heteroatoms. The van der Waals surface area contributed by atoms with Gasteiger partial charge < -0.3 is 5.32 Å². The molecule has 1 saturated heterocycles. The molecule has 1 aliphatic rings. The molecule has 0 bridgehead atoms. The van der Waals surface area contributed by atoms with Crippen LogP contribution in [0.3, 0.4) is 0 Å². The average Bonchev–Trinajstić information content (AvgIpc) is 3.09. The number of likely N-dealkylation sites (N-methyl/N-ethyl adjacent to an activating group) is 1. The van der Waals surface area contributed by atoms with Crippen molar-refractivity contribution in [3.8, 4) is 0 Å². The van der Waals surface area contributed by atoms with Crippen LogP contribution < -0.4 is 16.2 Å². The lowest BCUT2D eigenvalue weighted by Gasteiger charge is -2.20.